The fraction of sp³-hybridized carbons (Fsp3) is 0.167. The number of pyridine rings is 1. The molecule has 0 saturated heterocycles. The lowest BCUT2D eigenvalue weighted by Gasteiger charge is -2.02. The van der Waals surface area contributed by atoms with Gasteiger partial charge in [-0.3, -0.25) is 4.98 Å². The highest BCUT2D eigenvalue weighted by Crippen LogP contribution is 2.20. The van der Waals surface area contributed by atoms with Gasteiger partial charge in [0.05, 0.1) is 17.9 Å². The summed E-state index contributed by atoms with van der Waals surface area (Å²) in [5.74, 6) is -0.304. The Labute approximate surface area is 97.7 Å². The molecule has 0 aliphatic heterocycles. The number of esters is 1. The second-order valence-corrected chi connectivity index (χ2v) is 3.94. The van der Waals surface area contributed by atoms with Crippen LogP contribution < -0.4 is 0 Å². The maximum absolute atomic E-state index is 11.5. The molecule has 0 unspecified atom stereocenters. The molecular weight excluding hydrogens is 222 g/mol. The van der Waals surface area contributed by atoms with E-state index in [0.717, 1.165) is 11.3 Å². The molecule has 0 bridgehead atoms. The highest BCUT2D eigenvalue weighted by molar-refractivity contribution is 7.08. The maximum atomic E-state index is 11.5. The van der Waals surface area contributed by atoms with Gasteiger partial charge in [0.1, 0.15) is 0 Å². The molecule has 0 radical (unpaired) electrons. The molecule has 0 amide bonds. The number of thiophene rings is 1. The van der Waals surface area contributed by atoms with Crippen LogP contribution in [0.4, 0.5) is 0 Å². The van der Waals surface area contributed by atoms with Crippen LogP contribution in [0.15, 0.2) is 35.2 Å². The third-order valence-electron chi connectivity index (χ3n) is 2.09. The van der Waals surface area contributed by atoms with Crippen molar-refractivity contribution in [3.05, 3.63) is 40.7 Å². The highest BCUT2D eigenvalue weighted by atomic mass is 32.1. The maximum Gasteiger partial charge on any atom is 0.338 e. The molecule has 2 aromatic heterocycles. The number of rotatable bonds is 3. The van der Waals surface area contributed by atoms with Gasteiger partial charge in [0, 0.05) is 17.1 Å². The summed E-state index contributed by atoms with van der Waals surface area (Å²) in [5.41, 5.74) is 2.36. The minimum atomic E-state index is -0.304. The van der Waals surface area contributed by atoms with Gasteiger partial charge in [-0.05, 0) is 30.5 Å². The van der Waals surface area contributed by atoms with E-state index < -0.39 is 0 Å². The molecule has 3 nitrogen and oxygen atoms in total. The van der Waals surface area contributed by atoms with Crippen LogP contribution in [0.25, 0.3) is 11.3 Å². The minimum absolute atomic E-state index is 0.304. The molecular formula is C12H11NO2S. The standard InChI is InChI=1S/C12H11NO2S/c1-2-15-12(14)9-3-5-13-11(7-9)10-4-6-16-8-10/h3-8H,2H2,1H3. The predicted molar refractivity (Wildman–Crippen MR) is 63.5 cm³/mol. The molecule has 0 N–H and O–H groups in total. The highest BCUT2D eigenvalue weighted by Gasteiger charge is 2.08. The van der Waals surface area contributed by atoms with Crippen LogP contribution in [0.3, 0.4) is 0 Å². The van der Waals surface area contributed by atoms with Crippen molar-refractivity contribution in [1.82, 2.24) is 4.98 Å². The van der Waals surface area contributed by atoms with E-state index in [1.165, 1.54) is 0 Å². The summed E-state index contributed by atoms with van der Waals surface area (Å²) >= 11 is 1.60. The van der Waals surface area contributed by atoms with Crippen molar-refractivity contribution in [3.8, 4) is 11.3 Å². The lowest BCUT2D eigenvalue weighted by molar-refractivity contribution is 0.0526. The third kappa shape index (κ3) is 2.28. The van der Waals surface area contributed by atoms with Gasteiger partial charge in [0.25, 0.3) is 0 Å². The van der Waals surface area contributed by atoms with E-state index in [0.29, 0.717) is 12.2 Å². The Hall–Kier alpha value is -1.68. The van der Waals surface area contributed by atoms with Gasteiger partial charge >= 0.3 is 5.97 Å². The summed E-state index contributed by atoms with van der Waals surface area (Å²) in [4.78, 5) is 15.7. The van der Waals surface area contributed by atoms with Gasteiger partial charge in [-0.2, -0.15) is 11.3 Å². The van der Waals surface area contributed by atoms with Gasteiger partial charge < -0.3 is 4.74 Å². The molecule has 0 aliphatic rings. The summed E-state index contributed by atoms with van der Waals surface area (Å²) < 4.78 is 4.94. The normalized spacial score (nSPS) is 10.1. The zero-order valence-corrected chi connectivity index (χ0v) is 9.66. The molecule has 0 atom stereocenters. The summed E-state index contributed by atoms with van der Waals surface area (Å²) in [5, 5.41) is 3.98. The molecule has 0 aromatic carbocycles. The third-order valence-corrected chi connectivity index (χ3v) is 2.77. The van der Waals surface area contributed by atoms with Crippen molar-refractivity contribution in [1.29, 1.82) is 0 Å². The average Bonchev–Trinajstić information content (AvgIpc) is 2.83. The van der Waals surface area contributed by atoms with Crippen molar-refractivity contribution >= 4 is 17.3 Å². The quantitative estimate of drug-likeness (QED) is 0.765. The fourth-order valence-corrected chi connectivity index (χ4v) is 1.99. The monoisotopic (exact) mass is 233 g/mol. The number of nitrogens with zero attached hydrogens (tertiary/aromatic N) is 1. The van der Waals surface area contributed by atoms with Crippen molar-refractivity contribution in [3.63, 3.8) is 0 Å². The van der Waals surface area contributed by atoms with Crippen molar-refractivity contribution in [2.24, 2.45) is 0 Å². The number of aromatic nitrogens is 1. The molecule has 0 saturated carbocycles. The number of carbonyl (C=O) groups excluding carboxylic acids is 1. The molecule has 2 rings (SSSR count). The first-order valence-corrected chi connectivity index (χ1v) is 5.91. The van der Waals surface area contributed by atoms with E-state index in [1.807, 2.05) is 16.8 Å². The smallest absolute Gasteiger partial charge is 0.338 e. The second-order valence-electron chi connectivity index (χ2n) is 3.16. The predicted octanol–water partition coefficient (Wildman–Crippen LogP) is 2.99. The lowest BCUT2D eigenvalue weighted by atomic mass is 10.1. The van der Waals surface area contributed by atoms with Crippen molar-refractivity contribution in [2.45, 2.75) is 6.92 Å². The first kappa shape index (κ1) is 10.8. The summed E-state index contributed by atoms with van der Waals surface area (Å²) in [6.07, 6.45) is 1.62. The van der Waals surface area contributed by atoms with Crippen LogP contribution in [0.5, 0.6) is 0 Å². The average molecular weight is 233 g/mol. The molecule has 2 aromatic rings. The van der Waals surface area contributed by atoms with Gasteiger partial charge in [0.2, 0.25) is 0 Å². The Morgan fingerprint density at radius 3 is 3.06 bits per heavy atom. The van der Waals surface area contributed by atoms with Crippen LogP contribution >= 0.6 is 11.3 Å². The van der Waals surface area contributed by atoms with Gasteiger partial charge in [-0.15, -0.1) is 0 Å². The molecule has 0 spiro atoms. The largest absolute Gasteiger partial charge is 0.462 e. The number of hydrogen-bond acceptors (Lipinski definition) is 4. The minimum Gasteiger partial charge on any atom is -0.462 e. The summed E-state index contributed by atoms with van der Waals surface area (Å²) in [7, 11) is 0. The Bertz CT molecular complexity index is 480. The van der Waals surface area contributed by atoms with Crippen molar-refractivity contribution < 1.29 is 9.53 Å². The zero-order valence-electron chi connectivity index (χ0n) is 8.84. The van der Waals surface area contributed by atoms with Crippen LogP contribution in [0, 0.1) is 0 Å². The van der Waals surface area contributed by atoms with Crippen molar-refractivity contribution in [2.75, 3.05) is 6.61 Å². The molecule has 4 heteroatoms. The zero-order chi connectivity index (χ0) is 11.4. The van der Waals surface area contributed by atoms with E-state index in [2.05, 4.69) is 4.98 Å². The van der Waals surface area contributed by atoms with Crippen LogP contribution in [-0.4, -0.2) is 17.6 Å². The van der Waals surface area contributed by atoms with Crippen LogP contribution in [0.1, 0.15) is 17.3 Å². The Kier molecular flexibility index (Phi) is 3.31. The summed E-state index contributed by atoms with van der Waals surface area (Å²) in [6, 6.07) is 5.38. The lowest BCUT2D eigenvalue weighted by Crippen LogP contribution is -2.04. The number of carbonyl (C=O) groups is 1. The number of hydrogen-bond donors (Lipinski definition) is 0. The van der Waals surface area contributed by atoms with Gasteiger partial charge in [0.15, 0.2) is 0 Å². The van der Waals surface area contributed by atoms with E-state index in [-0.39, 0.29) is 5.97 Å². The fourth-order valence-electron chi connectivity index (χ4n) is 1.34. The number of ether oxygens (including phenoxy) is 1. The Morgan fingerprint density at radius 2 is 2.38 bits per heavy atom. The molecule has 16 heavy (non-hydrogen) atoms. The van der Waals surface area contributed by atoms with E-state index in [9.17, 15) is 4.79 Å². The second kappa shape index (κ2) is 4.90. The van der Waals surface area contributed by atoms with E-state index >= 15 is 0 Å². The molecule has 0 aliphatic carbocycles. The summed E-state index contributed by atoms with van der Waals surface area (Å²) in [6.45, 7) is 2.17. The van der Waals surface area contributed by atoms with Gasteiger partial charge in [-0.25, -0.2) is 4.79 Å². The van der Waals surface area contributed by atoms with Crippen LogP contribution in [0.2, 0.25) is 0 Å². The first-order valence-electron chi connectivity index (χ1n) is 4.97. The molecule has 82 valence electrons. The molecule has 0 fully saturated rings. The SMILES string of the molecule is CCOC(=O)c1ccnc(-c2ccsc2)c1. The topological polar surface area (TPSA) is 39.2 Å². The molecule has 2 heterocycles. The van der Waals surface area contributed by atoms with E-state index in [1.54, 1.807) is 36.6 Å². The Balaban J connectivity index is 2.30. The van der Waals surface area contributed by atoms with Gasteiger partial charge in [-0.1, -0.05) is 0 Å². The van der Waals surface area contributed by atoms with Crippen LogP contribution in [-0.2, 0) is 4.74 Å². The Morgan fingerprint density at radius 1 is 1.50 bits per heavy atom. The first-order chi connectivity index (χ1) is 7.81. The van der Waals surface area contributed by atoms with E-state index in [4.69, 9.17) is 4.74 Å².